The lowest BCUT2D eigenvalue weighted by atomic mass is 10.2. The molecule has 3 N–H and O–H groups in total. The highest BCUT2D eigenvalue weighted by Crippen LogP contribution is 2.21. The summed E-state index contributed by atoms with van der Waals surface area (Å²) in [7, 11) is 0. The number of nitrogens with two attached hydrogens (primary N) is 1. The predicted octanol–water partition coefficient (Wildman–Crippen LogP) is 1.86. The average Bonchev–Trinajstić information content (AvgIpc) is 2.84. The van der Waals surface area contributed by atoms with Gasteiger partial charge in [0.25, 0.3) is 0 Å². The Bertz CT molecular complexity index is 708. The van der Waals surface area contributed by atoms with E-state index in [4.69, 9.17) is 5.84 Å². The number of nitrogen functional groups attached to an aromatic ring is 1. The van der Waals surface area contributed by atoms with Crippen LogP contribution in [0, 0.1) is 0 Å². The second-order valence-electron chi connectivity index (χ2n) is 3.64. The van der Waals surface area contributed by atoms with Crippen molar-refractivity contribution >= 4 is 32.8 Å². The lowest BCUT2D eigenvalue weighted by molar-refractivity contribution is 0.851. The van der Waals surface area contributed by atoms with Crippen molar-refractivity contribution in [2.24, 2.45) is 5.84 Å². The largest absolute Gasteiger partial charge is 0.292 e. The molecule has 2 aromatic heterocycles. The first-order valence-corrected chi connectivity index (χ1v) is 6.01. The minimum absolute atomic E-state index is 0.357. The highest BCUT2D eigenvalue weighted by Gasteiger charge is 2.09. The van der Waals surface area contributed by atoms with Gasteiger partial charge < -0.3 is 0 Å². The highest BCUT2D eigenvalue weighted by molar-refractivity contribution is 9.10. The molecule has 0 bridgehead atoms. The van der Waals surface area contributed by atoms with E-state index >= 15 is 0 Å². The Balaban J connectivity index is 2.32. The molecule has 3 rings (SSSR count). The van der Waals surface area contributed by atoms with E-state index in [1.54, 1.807) is 10.9 Å². The molecule has 6 nitrogen and oxygen atoms in total. The number of rotatable bonds is 2. The number of nitrogens with one attached hydrogen (secondary N) is 1. The molecule has 18 heavy (non-hydrogen) atoms. The molecule has 0 saturated carbocycles. The topological polar surface area (TPSA) is 81.6 Å². The molecule has 0 aliphatic carbocycles. The molecular formula is C11H9BrN6. The van der Waals surface area contributed by atoms with E-state index in [9.17, 15) is 0 Å². The molecule has 0 spiro atoms. The molecule has 90 valence electrons. The Morgan fingerprint density at radius 3 is 2.78 bits per heavy atom. The molecule has 0 aliphatic heterocycles. The van der Waals surface area contributed by atoms with E-state index < -0.39 is 0 Å². The maximum Gasteiger partial charge on any atom is 0.239 e. The number of aromatic nitrogens is 4. The van der Waals surface area contributed by atoms with Crippen molar-refractivity contribution in [3.8, 4) is 5.82 Å². The number of hydrogen-bond donors (Lipinski definition) is 2. The van der Waals surface area contributed by atoms with E-state index in [0.717, 1.165) is 15.4 Å². The summed E-state index contributed by atoms with van der Waals surface area (Å²) in [5.41, 5.74) is 3.27. The van der Waals surface area contributed by atoms with Gasteiger partial charge in [-0.15, -0.1) is 0 Å². The Labute approximate surface area is 111 Å². The van der Waals surface area contributed by atoms with Crippen molar-refractivity contribution in [2.75, 3.05) is 5.43 Å². The smallest absolute Gasteiger partial charge is 0.239 e. The summed E-state index contributed by atoms with van der Waals surface area (Å²) in [5, 5.41) is 5.13. The number of hydrogen-bond acceptors (Lipinski definition) is 5. The molecule has 3 aromatic rings. The summed E-state index contributed by atoms with van der Waals surface area (Å²) in [6, 6.07) is 7.70. The van der Waals surface area contributed by atoms with Crippen LogP contribution in [0.25, 0.3) is 16.7 Å². The molecule has 1 aromatic carbocycles. The maximum atomic E-state index is 5.38. The second-order valence-corrected chi connectivity index (χ2v) is 4.55. The van der Waals surface area contributed by atoms with E-state index in [2.05, 4.69) is 36.4 Å². The van der Waals surface area contributed by atoms with Crippen LogP contribution in [-0.2, 0) is 0 Å². The highest BCUT2D eigenvalue weighted by atomic mass is 79.9. The van der Waals surface area contributed by atoms with Gasteiger partial charge in [0.2, 0.25) is 5.95 Å². The zero-order valence-corrected chi connectivity index (χ0v) is 10.8. The van der Waals surface area contributed by atoms with Crippen LogP contribution in [0.5, 0.6) is 0 Å². The zero-order chi connectivity index (χ0) is 12.5. The molecule has 2 heterocycles. The third kappa shape index (κ3) is 1.83. The van der Waals surface area contributed by atoms with Crippen LogP contribution < -0.4 is 11.3 Å². The summed E-state index contributed by atoms with van der Waals surface area (Å²) in [5.74, 6) is 6.42. The van der Waals surface area contributed by atoms with Crippen molar-refractivity contribution in [2.45, 2.75) is 0 Å². The summed E-state index contributed by atoms with van der Waals surface area (Å²) < 4.78 is 2.56. The number of para-hydroxylation sites is 1. The SMILES string of the molecule is NNc1nc(-n2cc(Br)cn2)c2ccccc2n1. The predicted molar refractivity (Wildman–Crippen MR) is 72.2 cm³/mol. The van der Waals surface area contributed by atoms with E-state index in [1.807, 2.05) is 30.5 Å². The monoisotopic (exact) mass is 304 g/mol. The fourth-order valence-corrected chi connectivity index (χ4v) is 2.00. The van der Waals surface area contributed by atoms with Gasteiger partial charge in [0.1, 0.15) is 0 Å². The number of anilines is 1. The molecule has 0 unspecified atom stereocenters. The van der Waals surface area contributed by atoms with E-state index in [-0.39, 0.29) is 0 Å². The molecule has 0 radical (unpaired) electrons. The van der Waals surface area contributed by atoms with Gasteiger partial charge in [0, 0.05) is 11.6 Å². The first-order valence-electron chi connectivity index (χ1n) is 5.22. The number of benzene rings is 1. The van der Waals surface area contributed by atoms with Crippen LogP contribution in [0.1, 0.15) is 0 Å². The van der Waals surface area contributed by atoms with Crippen molar-refractivity contribution in [1.82, 2.24) is 19.7 Å². The Morgan fingerprint density at radius 1 is 1.22 bits per heavy atom. The summed E-state index contributed by atoms with van der Waals surface area (Å²) in [4.78, 5) is 8.62. The molecular weight excluding hydrogens is 296 g/mol. The van der Waals surface area contributed by atoms with Crippen LogP contribution in [0.15, 0.2) is 41.1 Å². The molecule has 0 amide bonds. The molecule has 7 heteroatoms. The van der Waals surface area contributed by atoms with Gasteiger partial charge >= 0.3 is 0 Å². The third-order valence-electron chi connectivity index (χ3n) is 2.48. The number of hydrazine groups is 1. The van der Waals surface area contributed by atoms with Gasteiger partial charge in [-0.25, -0.2) is 15.5 Å². The van der Waals surface area contributed by atoms with Crippen molar-refractivity contribution in [3.63, 3.8) is 0 Å². The van der Waals surface area contributed by atoms with Crippen LogP contribution in [0.2, 0.25) is 0 Å². The summed E-state index contributed by atoms with van der Waals surface area (Å²) >= 11 is 3.36. The first-order chi connectivity index (χ1) is 8.78. The fourth-order valence-electron chi connectivity index (χ4n) is 1.72. The van der Waals surface area contributed by atoms with Gasteiger partial charge in [-0.1, -0.05) is 12.1 Å². The van der Waals surface area contributed by atoms with Crippen molar-refractivity contribution < 1.29 is 0 Å². The second kappa shape index (κ2) is 4.35. The van der Waals surface area contributed by atoms with E-state index in [1.165, 1.54) is 0 Å². The minimum Gasteiger partial charge on any atom is -0.292 e. The van der Waals surface area contributed by atoms with Gasteiger partial charge in [-0.2, -0.15) is 10.1 Å². The van der Waals surface area contributed by atoms with Crippen molar-refractivity contribution in [1.29, 1.82) is 0 Å². The number of nitrogens with zero attached hydrogens (tertiary/aromatic N) is 4. The van der Waals surface area contributed by atoms with Crippen LogP contribution in [-0.4, -0.2) is 19.7 Å². The molecule has 0 fully saturated rings. The molecule has 0 aliphatic rings. The molecule has 0 atom stereocenters. The lowest BCUT2D eigenvalue weighted by Gasteiger charge is -2.07. The Morgan fingerprint density at radius 2 is 2.06 bits per heavy atom. The van der Waals surface area contributed by atoms with Gasteiger partial charge in [0.15, 0.2) is 5.82 Å². The maximum absolute atomic E-state index is 5.38. The average molecular weight is 305 g/mol. The van der Waals surface area contributed by atoms with Crippen LogP contribution in [0.4, 0.5) is 5.95 Å². The summed E-state index contributed by atoms with van der Waals surface area (Å²) in [6.45, 7) is 0. The standard InChI is InChI=1S/C11H9BrN6/c12-7-5-14-18(6-7)10-8-3-1-2-4-9(8)15-11(16-10)17-13/h1-6H,13H2,(H,15,16,17). The Kier molecular flexibility index (Phi) is 2.69. The summed E-state index contributed by atoms with van der Waals surface area (Å²) in [6.07, 6.45) is 3.53. The third-order valence-corrected chi connectivity index (χ3v) is 2.89. The number of halogens is 1. The quantitative estimate of drug-likeness (QED) is 0.558. The normalized spacial score (nSPS) is 10.8. The van der Waals surface area contributed by atoms with Crippen LogP contribution >= 0.6 is 15.9 Å². The van der Waals surface area contributed by atoms with Gasteiger partial charge in [0.05, 0.1) is 16.2 Å². The fraction of sp³-hybridized carbons (Fsp3) is 0. The van der Waals surface area contributed by atoms with Crippen LogP contribution in [0.3, 0.4) is 0 Å². The first kappa shape index (κ1) is 11.1. The number of fused-ring (bicyclic) bond motifs is 1. The minimum atomic E-state index is 0.357. The van der Waals surface area contributed by atoms with E-state index in [0.29, 0.717) is 11.8 Å². The van der Waals surface area contributed by atoms with Gasteiger partial charge in [-0.05, 0) is 28.1 Å². The Hall–Kier alpha value is -1.99. The molecule has 0 saturated heterocycles. The van der Waals surface area contributed by atoms with Crippen molar-refractivity contribution in [3.05, 3.63) is 41.1 Å². The van der Waals surface area contributed by atoms with Gasteiger partial charge in [-0.3, -0.25) is 5.43 Å². The lowest BCUT2D eigenvalue weighted by Crippen LogP contribution is -2.12. The zero-order valence-electron chi connectivity index (χ0n) is 9.21.